The number of phosphoric ester groups is 1. The molecular formula is C12H17N2O15P3-4. The van der Waals surface area contributed by atoms with Crippen molar-refractivity contribution in [1.82, 2.24) is 9.55 Å². The Morgan fingerprint density at radius 1 is 1.09 bits per heavy atom. The smallest absolute Gasteiger partial charge is 0.328 e. The lowest BCUT2D eigenvalue weighted by Crippen LogP contribution is -2.36. The number of rotatable bonds is 10. The highest BCUT2D eigenvalue weighted by Gasteiger charge is 2.45. The van der Waals surface area contributed by atoms with Gasteiger partial charge in [0.2, 0.25) is 0 Å². The molecule has 184 valence electrons. The van der Waals surface area contributed by atoms with Gasteiger partial charge < -0.3 is 48.2 Å². The molecule has 1 aromatic heterocycles. The van der Waals surface area contributed by atoms with Crippen LogP contribution in [0, 0.1) is 0 Å². The molecule has 0 aliphatic carbocycles. The van der Waals surface area contributed by atoms with Crippen molar-refractivity contribution >= 4 is 23.5 Å². The number of nitrogens with one attached hydrogen (secondary N) is 1. The van der Waals surface area contributed by atoms with Crippen LogP contribution in [0.25, 0.3) is 0 Å². The van der Waals surface area contributed by atoms with E-state index in [1.165, 1.54) is 0 Å². The van der Waals surface area contributed by atoms with Crippen LogP contribution in [0.15, 0.2) is 15.8 Å². The van der Waals surface area contributed by atoms with E-state index in [-0.39, 0.29) is 12.1 Å². The molecule has 2 heterocycles. The maximum Gasteiger partial charge on any atom is 0.328 e. The summed E-state index contributed by atoms with van der Waals surface area (Å²) in [5.41, 5.74) is -1.95. The predicted octanol–water partition coefficient (Wildman–Crippen LogP) is -4.08. The molecule has 0 aromatic carbocycles. The van der Waals surface area contributed by atoms with Crippen LogP contribution in [0.4, 0.5) is 0 Å². The van der Waals surface area contributed by atoms with Gasteiger partial charge in [-0.25, -0.2) is 9.11 Å². The van der Waals surface area contributed by atoms with Gasteiger partial charge in [0.25, 0.3) is 21.2 Å². The topological polar surface area (TPSA) is 276 Å². The van der Waals surface area contributed by atoms with E-state index in [0.717, 1.165) is 10.8 Å². The van der Waals surface area contributed by atoms with Crippen molar-refractivity contribution < 1.29 is 61.4 Å². The SMILES string of the molecule is CCCn1cc(C2OC(COP(=O)([O-])OP(=O)([O-])OP(=O)([O-])[O-])C(O)C2O)c(=O)[nH]c1=O. The van der Waals surface area contributed by atoms with Crippen molar-refractivity contribution in [2.45, 2.75) is 44.3 Å². The molecule has 1 aliphatic heterocycles. The lowest BCUT2D eigenvalue weighted by atomic mass is 10.0. The minimum absolute atomic E-state index is 0.203. The molecule has 0 spiro atoms. The molecule has 32 heavy (non-hydrogen) atoms. The Bertz CT molecular complexity index is 1080. The molecule has 0 radical (unpaired) electrons. The molecule has 1 aromatic rings. The van der Waals surface area contributed by atoms with Gasteiger partial charge in [-0.1, -0.05) is 6.92 Å². The first-order valence-electron chi connectivity index (χ1n) is 8.62. The minimum atomic E-state index is -6.18. The molecule has 0 saturated carbocycles. The number of H-pyrrole nitrogens is 1. The van der Waals surface area contributed by atoms with Crippen molar-refractivity contribution in [3.63, 3.8) is 0 Å². The van der Waals surface area contributed by atoms with Gasteiger partial charge in [-0.15, -0.1) is 0 Å². The minimum Gasteiger partial charge on any atom is -0.790 e. The molecule has 6 unspecified atom stereocenters. The summed E-state index contributed by atoms with van der Waals surface area (Å²) in [5.74, 6) is 0. The fourth-order valence-corrected chi connectivity index (χ4v) is 5.59. The van der Waals surface area contributed by atoms with Crippen molar-refractivity contribution in [3.05, 3.63) is 32.6 Å². The molecule has 6 atom stereocenters. The molecule has 0 amide bonds. The lowest BCUT2D eigenvalue weighted by molar-refractivity contribution is -0.339. The Morgan fingerprint density at radius 2 is 1.72 bits per heavy atom. The van der Waals surface area contributed by atoms with Crippen LogP contribution in [0.3, 0.4) is 0 Å². The number of hydrogen-bond donors (Lipinski definition) is 3. The molecule has 0 bridgehead atoms. The molecule has 2 rings (SSSR count). The average Bonchev–Trinajstić information content (AvgIpc) is 2.87. The fraction of sp³-hybridized carbons (Fsp3) is 0.667. The number of aromatic amines is 1. The Hall–Kier alpha value is -1.03. The number of aryl methyl sites for hydroxylation is 1. The van der Waals surface area contributed by atoms with E-state index in [9.17, 15) is 53.1 Å². The number of nitrogens with zero attached hydrogens (tertiary/aromatic N) is 1. The average molecular weight is 522 g/mol. The number of aliphatic hydroxyl groups excluding tert-OH is 2. The van der Waals surface area contributed by atoms with Gasteiger partial charge in [0.05, 0.1) is 20.0 Å². The third-order valence-corrected chi connectivity index (χ3v) is 7.63. The van der Waals surface area contributed by atoms with Gasteiger partial charge in [0, 0.05) is 12.7 Å². The quantitative estimate of drug-likeness (QED) is 0.246. The van der Waals surface area contributed by atoms with Crippen LogP contribution < -0.4 is 30.8 Å². The van der Waals surface area contributed by atoms with Crippen LogP contribution in [0.1, 0.15) is 25.0 Å². The van der Waals surface area contributed by atoms with Gasteiger partial charge in [-0.3, -0.25) is 23.2 Å². The van der Waals surface area contributed by atoms with E-state index in [1.807, 2.05) is 4.98 Å². The molecule has 20 heteroatoms. The van der Waals surface area contributed by atoms with E-state index in [0.29, 0.717) is 6.42 Å². The van der Waals surface area contributed by atoms with Crippen molar-refractivity contribution in [2.24, 2.45) is 0 Å². The van der Waals surface area contributed by atoms with Crippen LogP contribution in [-0.2, 0) is 38.1 Å². The molecule has 3 N–H and O–H groups in total. The summed E-state index contributed by atoms with van der Waals surface area (Å²) in [6, 6.07) is 0. The number of hydrogen-bond acceptors (Lipinski definition) is 15. The summed E-state index contributed by atoms with van der Waals surface area (Å²) in [7, 11) is -18.2. The number of ether oxygens (including phenoxy) is 1. The van der Waals surface area contributed by atoms with E-state index >= 15 is 0 Å². The first-order valence-corrected chi connectivity index (χ1v) is 13.0. The van der Waals surface area contributed by atoms with Crippen LogP contribution in [0.2, 0.25) is 0 Å². The highest BCUT2D eigenvalue weighted by molar-refractivity contribution is 7.64. The fourth-order valence-electron chi connectivity index (χ4n) is 2.73. The molecule has 1 aliphatic rings. The Kier molecular flexibility index (Phi) is 8.57. The Balaban J connectivity index is 2.13. The zero-order valence-electron chi connectivity index (χ0n) is 16.0. The zero-order chi connectivity index (χ0) is 24.5. The lowest BCUT2D eigenvalue weighted by Gasteiger charge is -2.37. The summed E-state index contributed by atoms with van der Waals surface area (Å²) >= 11 is 0. The van der Waals surface area contributed by atoms with E-state index < -0.39 is 65.7 Å². The van der Waals surface area contributed by atoms with Gasteiger partial charge >= 0.3 is 5.69 Å². The number of aromatic nitrogens is 2. The zero-order valence-corrected chi connectivity index (χ0v) is 18.7. The summed E-state index contributed by atoms with van der Waals surface area (Å²) in [5, 5.41) is 20.2. The van der Waals surface area contributed by atoms with Gasteiger partial charge in [0.15, 0.2) is 0 Å². The van der Waals surface area contributed by atoms with Gasteiger partial charge in [0.1, 0.15) is 24.4 Å². The van der Waals surface area contributed by atoms with Crippen LogP contribution in [0.5, 0.6) is 0 Å². The molecule has 17 nitrogen and oxygen atoms in total. The van der Waals surface area contributed by atoms with E-state index in [4.69, 9.17) is 4.74 Å². The third-order valence-electron chi connectivity index (χ3n) is 3.97. The van der Waals surface area contributed by atoms with Gasteiger partial charge in [-0.05, 0) is 6.42 Å². The van der Waals surface area contributed by atoms with Gasteiger partial charge in [-0.2, -0.15) is 0 Å². The molecule has 1 saturated heterocycles. The van der Waals surface area contributed by atoms with Crippen molar-refractivity contribution in [3.8, 4) is 0 Å². The largest absolute Gasteiger partial charge is 0.790 e. The summed E-state index contributed by atoms with van der Waals surface area (Å²) in [6.45, 7) is 0.792. The monoisotopic (exact) mass is 522 g/mol. The summed E-state index contributed by atoms with van der Waals surface area (Å²) in [6.07, 6.45) is -5.21. The highest BCUT2D eigenvalue weighted by atomic mass is 31.3. The van der Waals surface area contributed by atoms with E-state index in [2.05, 4.69) is 13.1 Å². The normalized spacial score (nSPS) is 27.7. The maximum absolute atomic E-state index is 12.1. The summed E-state index contributed by atoms with van der Waals surface area (Å²) in [4.78, 5) is 69.2. The number of aliphatic hydroxyl groups is 2. The first-order chi connectivity index (χ1) is 14.6. The van der Waals surface area contributed by atoms with Crippen molar-refractivity contribution in [1.29, 1.82) is 0 Å². The van der Waals surface area contributed by atoms with Crippen LogP contribution >= 0.6 is 23.5 Å². The second kappa shape index (κ2) is 10.1. The first kappa shape index (κ1) is 27.2. The van der Waals surface area contributed by atoms with Crippen molar-refractivity contribution in [2.75, 3.05) is 6.61 Å². The third kappa shape index (κ3) is 7.23. The summed E-state index contributed by atoms with van der Waals surface area (Å²) < 4.78 is 49.9. The standard InChI is InChI=1S/C12H21N2O15P3/c1-2-3-14-4-6(11(17)13-12(14)18)10-9(16)8(15)7(27-10)5-26-31(22,23)29-32(24,25)28-30(19,20)21/h4,7-10,15-16H,2-3,5H2,1H3,(H,22,23)(H,24,25)(H,13,17,18)(H2,19,20,21)/p-4. The second-order valence-electron chi connectivity index (χ2n) is 6.41. The van der Waals surface area contributed by atoms with E-state index in [1.54, 1.807) is 6.92 Å². The molecular weight excluding hydrogens is 505 g/mol. The maximum atomic E-state index is 12.1. The highest BCUT2D eigenvalue weighted by Crippen LogP contribution is 2.60. The van der Waals surface area contributed by atoms with Crippen LogP contribution in [-0.4, -0.2) is 44.7 Å². The Labute approximate surface area is 178 Å². The predicted molar refractivity (Wildman–Crippen MR) is 92.2 cm³/mol. The number of phosphoric acid groups is 3. The second-order valence-corrected chi connectivity index (χ2v) is 10.7. The Morgan fingerprint density at radius 3 is 2.28 bits per heavy atom. The molecule has 1 fully saturated rings.